The minimum Gasteiger partial charge on any atom is -0.414 e. The van der Waals surface area contributed by atoms with Gasteiger partial charge in [0.15, 0.2) is 0 Å². The molecule has 0 bridgehead atoms. The van der Waals surface area contributed by atoms with Gasteiger partial charge in [-0.1, -0.05) is 32.0 Å². The zero-order chi connectivity index (χ0) is 24.2. The van der Waals surface area contributed by atoms with Crippen molar-refractivity contribution in [2.75, 3.05) is 7.05 Å². The third kappa shape index (κ3) is 4.95. The number of aryl methyl sites for hydroxylation is 1. The molecule has 0 radical (unpaired) electrons. The monoisotopic (exact) mass is 479 g/mol. The highest BCUT2D eigenvalue weighted by atomic mass is 32.2. The Morgan fingerprint density at radius 3 is 2.53 bits per heavy atom. The van der Waals surface area contributed by atoms with Gasteiger partial charge in [0.2, 0.25) is 0 Å². The third-order valence-electron chi connectivity index (χ3n) is 5.55. The molecule has 0 saturated heterocycles. The topological polar surface area (TPSA) is 93.8 Å². The van der Waals surface area contributed by atoms with E-state index in [4.69, 9.17) is 4.42 Å². The van der Waals surface area contributed by atoms with E-state index in [2.05, 4.69) is 25.5 Å². The Kier molecular flexibility index (Phi) is 7.23. The summed E-state index contributed by atoms with van der Waals surface area (Å²) in [5.74, 6) is -0.198. The first-order valence-corrected chi connectivity index (χ1v) is 12.2. The van der Waals surface area contributed by atoms with E-state index in [1.807, 2.05) is 44.2 Å². The average Bonchev–Trinajstić information content (AvgIpc) is 3.33. The Labute approximate surface area is 200 Å². The summed E-state index contributed by atoms with van der Waals surface area (Å²) in [6.07, 6.45) is 2.51. The first-order chi connectivity index (χ1) is 16.4. The van der Waals surface area contributed by atoms with Crippen molar-refractivity contribution in [3.63, 3.8) is 0 Å². The molecule has 1 N–H and O–H groups in total. The Morgan fingerprint density at radius 1 is 1.12 bits per heavy atom. The summed E-state index contributed by atoms with van der Waals surface area (Å²) in [4.78, 5) is 9.88. The lowest BCUT2D eigenvalue weighted by Gasteiger charge is -2.09. The minimum absolute atomic E-state index is 0.0759. The van der Waals surface area contributed by atoms with Crippen LogP contribution in [0.5, 0.6) is 0 Å². The number of nitrogens with one attached hydrogen (secondary N) is 1. The highest BCUT2D eigenvalue weighted by Crippen LogP contribution is 2.28. The number of halogens is 1. The lowest BCUT2D eigenvalue weighted by atomic mass is 10.1. The summed E-state index contributed by atoms with van der Waals surface area (Å²) < 4.78 is 32.9. The van der Waals surface area contributed by atoms with Gasteiger partial charge in [0, 0.05) is 22.3 Å². The van der Waals surface area contributed by atoms with Crippen LogP contribution in [-0.2, 0) is 17.3 Å². The summed E-state index contributed by atoms with van der Waals surface area (Å²) in [5.41, 5.74) is 3.52. The molecule has 0 amide bonds. The van der Waals surface area contributed by atoms with E-state index in [9.17, 15) is 8.60 Å². The molecule has 2 aromatic carbocycles. The third-order valence-corrected chi connectivity index (χ3v) is 7.35. The quantitative estimate of drug-likeness (QED) is 0.383. The Morgan fingerprint density at radius 2 is 1.85 bits per heavy atom. The van der Waals surface area contributed by atoms with Crippen molar-refractivity contribution in [1.82, 2.24) is 25.5 Å². The van der Waals surface area contributed by atoms with Gasteiger partial charge < -0.3 is 9.73 Å². The van der Waals surface area contributed by atoms with Crippen molar-refractivity contribution in [2.24, 2.45) is 0 Å². The van der Waals surface area contributed by atoms with Gasteiger partial charge in [-0.25, -0.2) is 9.37 Å². The molecule has 4 rings (SSSR count). The van der Waals surface area contributed by atoms with Crippen LogP contribution in [0.1, 0.15) is 31.5 Å². The van der Waals surface area contributed by atoms with Gasteiger partial charge in [0.1, 0.15) is 11.5 Å². The van der Waals surface area contributed by atoms with Crippen LogP contribution in [0.15, 0.2) is 58.0 Å². The second kappa shape index (κ2) is 10.3. The van der Waals surface area contributed by atoms with Crippen LogP contribution < -0.4 is 5.32 Å². The predicted molar refractivity (Wildman–Crippen MR) is 130 cm³/mol. The molecular weight excluding hydrogens is 453 g/mol. The first-order valence-electron chi connectivity index (χ1n) is 11.0. The standard InChI is InChI=1S/C25H26FN5O2S/c1-5-15(2)34(32)19-9-7-18(8-10-19)22-14-28-16(3)23(29-22)25-31-30-24(33-25)20-11-6-17(13-27-4)12-21(20)26/h6-12,14-15,27H,5,13H2,1-4H3. The minimum atomic E-state index is -1.05. The molecule has 9 heteroatoms. The molecule has 0 aliphatic carbocycles. The Bertz CT molecular complexity index is 1320. The van der Waals surface area contributed by atoms with Crippen molar-refractivity contribution in [2.45, 2.75) is 43.9 Å². The SMILES string of the molecule is CCC(C)S(=O)c1ccc(-c2cnc(C)c(-c3nnc(-c4ccc(CNC)cc4F)o3)n2)cc1. The molecule has 2 unspecified atom stereocenters. The number of hydrogen-bond donors (Lipinski definition) is 1. The summed E-state index contributed by atoms with van der Waals surface area (Å²) in [6.45, 7) is 6.35. The number of aromatic nitrogens is 4. The van der Waals surface area contributed by atoms with Gasteiger partial charge in [0.05, 0.1) is 33.9 Å². The lowest BCUT2D eigenvalue weighted by molar-refractivity contribution is 0.567. The fourth-order valence-electron chi connectivity index (χ4n) is 3.41. The molecule has 0 fully saturated rings. The van der Waals surface area contributed by atoms with E-state index in [-0.39, 0.29) is 22.6 Å². The van der Waals surface area contributed by atoms with E-state index in [1.165, 1.54) is 6.07 Å². The number of benzene rings is 2. The van der Waals surface area contributed by atoms with Crippen molar-refractivity contribution in [3.05, 3.63) is 65.7 Å². The van der Waals surface area contributed by atoms with E-state index in [0.717, 1.165) is 22.4 Å². The van der Waals surface area contributed by atoms with Gasteiger partial charge in [-0.3, -0.25) is 9.19 Å². The first kappa shape index (κ1) is 23.8. The fourth-order valence-corrected chi connectivity index (χ4v) is 4.58. The molecule has 2 aromatic heterocycles. The van der Waals surface area contributed by atoms with Crippen molar-refractivity contribution < 1.29 is 13.0 Å². The van der Waals surface area contributed by atoms with Gasteiger partial charge in [0.25, 0.3) is 11.8 Å². The van der Waals surface area contributed by atoms with Gasteiger partial charge in [-0.2, -0.15) is 0 Å². The average molecular weight is 480 g/mol. The molecule has 0 aliphatic rings. The highest BCUT2D eigenvalue weighted by molar-refractivity contribution is 7.85. The second-order valence-corrected chi connectivity index (χ2v) is 9.86. The maximum absolute atomic E-state index is 14.6. The van der Waals surface area contributed by atoms with Gasteiger partial charge in [-0.15, -0.1) is 10.2 Å². The molecule has 34 heavy (non-hydrogen) atoms. The van der Waals surface area contributed by atoms with E-state index >= 15 is 0 Å². The summed E-state index contributed by atoms with van der Waals surface area (Å²) in [5, 5.41) is 11.2. The second-order valence-electron chi connectivity index (χ2n) is 7.99. The maximum Gasteiger partial charge on any atom is 0.268 e. The summed E-state index contributed by atoms with van der Waals surface area (Å²) >= 11 is 0. The number of hydrogen-bond acceptors (Lipinski definition) is 7. The maximum atomic E-state index is 14.6. The molecule has 0 saturated carbocycles. The van der Waals surface area contributed by atoms with Crippen molar-refractivity contribution in [1.29, 1.82) is 0 Å². The molecule has 176 valence electrons. The van der Waals surface area contributed by atoms with E-state index in [1.54, 1.807) is 26.2 Å². The Hall–Kier alpha value is -3.30. The van der Waals surface area contributed by atoms with E-state index < -0.39 is 16.6 Å². The molecule has 0 aliphatic heterocycles. The highest BCUT2D eigenvalue weighted by Gasteiger charge is 2.19. The van der Waals surface area contributed by atoms with Crippen LogP contribution in [0, 0.1) is 12.7 Å². The predicted octanol–water partition coefficient (Wildman–Crippen LogP) is 4.93. The largest absolute Gasteiger partial charge is 0.414 e. The number of rotatable bonds is 8. The normalized spacial score (nSPS) is 13.1. The van der Waals surface area contributed by atoms with Crippen molar-refractivity contribution in [3.8, 4) is 34.3 Å². The molecule has 7 nitrogen and oxygen atoms in total. The zero-order valence-corrected chi connectivity index (χ0v) is 20.3. The van der Waals surface area contributed by atoms with Crippen LogP contribution >= 0.6 is 0 Å². The Balaban J connectivity index is 1.63. The molecular formula is C25H26FN5O2S. The molecule has 4 aromatic rings. The van der Waals surface area contributed by atoms with Crippen LogP contribution in [-0.4, -0.2) is 36.7 Å². The van der Waals surface area contributed by atoms with E-state index in [0.29, 0.717) is 23.6 Å². The molecule has 0 spiro atoms. The fraction of sp³-hybridized carbons (Fsp3) is 0.280. The lowest BCUT2D eigenvalue weighted by Crippen LogP contribution is -2.09. The van der Waals surface area contributed by atoms with Gasteiger partial charge >= 0.3 is 0 Å². The zero-order valence-electron chi connectivity index (χ0n) is 19.5. The van der Waals surface area contributed by atoms with Crippen LogP contribution in [0.2, 0.25) is 0 Å². The molecule has 2 heterocycles. The summed E-state index contributed by atoms with van der Waals surface area (Å²) in [7, 11) is 0.747. The van der Waals surface area contributed by atoms with Crippen molar-refractivity contribution >= 4 is 10.8 Å². The number of nitrogens with zero attached hydrogens (tertiary/aromatic N) is 4. The van der Waals surface area contributed by atoms with Crippen LogP contribution in [0.25, 0.3) is 34.3 Å². The van der Waals surface area contributed by atoms with Gasteiger partial charge in [-0.05, 0) is 50.2 Å². The van der Waals surface area contributed by atoms with Crippen LogP contribution in [0.4, 0.5) is 4.39 Å². The summed E-state index contributed by atoms with van der Waals surface area (Å²) in [6, 6.07) is 12.3. The smallest absolute Gasteiger partial charge is 0.268 e. The van der Waals surface area contributed by atoms with Crippen LogP contribution in [0.3, 0.4) is 0 Å². The molecule has 2 atom stereocenters.